The second-order valence-corrected chi connectivity index (χ2v) is 22.3. The lowest BCUT2D eigenvalue weighted by Crippen LogP contribution is -2.28. The van der Waals surface area contributed by atoms with Gasteiger partial charge in [0.25, 0.3) is 40.5 Å². The van der Waals surface area contributed by atoms with Crippen LogP contribution in [0, 0.1) is 0 Å². The van der Waals surface area contributed by atoms with Gasteiger partial charge in [-0.15, -0.1) is 0 Å². The highest BCUT2D eigenvalue weighted by Gasteiger charge is 2.45. The second kappa shape index (κ2) is 18.3. The Morgan fingerprint density at radius 2 is 1.34 bits per heavy atom. The molecule has 0 unspecified atom stereocenters. The predicted octanol–water partition coefficient (Wildman–Crippen LogP) is 6.23. The van der Waals surface area contributed by atoms with Crippen molar-refractivity contribution < 1.29 is 66.4 Å². The highest BCUT2D eigenvalue weighted by atomic mass is 32.2. The summed E-state index contributed by atoms with van der Waals surface area (Å²) >= 11 is 0. The number of anilines is 1. The Morgan fingerprint density at radius 1 is 0.726 bits per heavy atom. The number of aryl methyl sites for hydroxylation is 1. The molecule has 0 radical (unpaired) electrons. The monoisotopic (exact) mass is 935 g/mol. The molecular formula is C42H51N2O14S4+. The first kappa shape index (κ1) is 48.5. The van der Waals surface area contributed by atoms with Crippen LogP contribution in [0.3, 0.4) is 0 Å². The van der Waals surface area contributed by atoms with Gasteiger partial charge in [0.15, 0.2) is 5.71 Å². The lowest BCUT2D eigenvalue weighted by atomic mass is 9.81. The van der Waals surface area contributed by atoms with E-state index in [1.54, 1.807) is 12.2 Å². The maximum Gasteiger partial charge on any atom is 0.303 e. The van der Waals surface area contributed by atoms with E-state index in [-0.39, 0.29) is 42.1 Å². The van der Waals surface area contributed by atoms with Crippen molar-refractivity contribution in [2.75, 3.05) is 29.5 Å². The average molecular weight is 936 g/mol. The maximum absolute atomic E-state index is 12.2. The third-order valence-corrected chi connectivity index (χ3v) is 14.4. The molecule has 0 aromatic heterocycles. The zero-order valence-electron chi connectivity index (χ0n) is 34.6. The Bertz CT molecular complexity index is 2840. The fourth-order valence-electron chi connectivity index (χ4n) is 8.02. The van der Waals surface area contributed by atoms with Crippen molar-refractivity contribution in [3.05, 3.63) is 113 Å². The summed E-state index contributed by atoms with van der Waals surface area (Å²) in [6, 6.07) is 15.8. The first-order valence-electron chi connectivity index (χ1n) is 19.6. The topological polar surface area (TPSA) is 261 Å². The molecule has 0 saturated heterocycles. The molecule has 0 spiro atoms. The molecule has 0 fully saturated rings. The lowest BCUT2D eigenvalue weighted by Gasteiger charge is -2.27. The molecule has 0 saturated carbocycles. The van der Waals surface area contributed by atoms with Crippen LogP contribution in [0.4, 0.5) is 11.4 Å². The van der Waals surface area contributed by atoms with Crippen LogP contribution in [0.2, 0.25) is 0 Å². The van der Waals surface area contributed by atoms with Crippen LogP contribution in [0.1, 0.15) is 82.1 Å². The number of hydrogen-bond acceptors (Lipinski definition) is 10. The molecule has 0 aliphatic carbocycles. The van der Waals surface area contributed by atoms with Gasteiger partial charge in [-0.25, -0.2) is 0 Å². The van der Waals surface area contributed by atoms with Gasteiger partial charge in [0.05, 0.1) is 26.7 Å². The minimum atomic E-state index is -4.59. The van der Waals surface area contributed by atoms with Gasteiger partial charge in [-0.1, -0.05) is 44.2 Å². The SMILES string of the molecule is CC1(C)C(/C=C/C(=C/C=C2/N(CCCS(=O)(=O)O)c3ccc(S(=O)(=O)O)cc3C2(C)C)c2cccc(CCCCC(=O)O)c2)=[N+](CCCS(=O)(=O)O)c2ccc(S(=O)(=O)O)cc21. The number of hydrogen-bond donors (Lipinski definition) is 5. The quantitative estimate of drug-likeness (QED) is 0.0386. The first-order chi connectivity index (χ1) is 28.6. The van der Waals surface area contributed by atoms with Crippen molar-refractivity contribution in [1.29, 1.82) is 0 Å². The lowest BCUT2D eigenvalue weighted by molar-refractivity contribution is -0.437. The molecule has 16 nitrogen and oxygen atoms in total. The van der Waals surface area contributed by atoms with Crippen LogP contribution in [-0.4, -0.2) is 97.8 Å². The number of nitrogens with zero attached hydrogens (tertiary/aromatic N) is 2. The minimum absolute atomic E-state index is 0.00676. The second-order valence-electron chi connectivity index (χ2n) is 16.3. The van der Waals surface area contributed by atoms with Gasteiger partial charge in [0, 0.05) is 53.9 Å². The fourth-order valence-corrected chi connectivity index (χ4v) is 10.0. The largest absolute Gasteiger partial charge is 0.481 e. The molecule has 0 bridgehead atoms. The van der Waals surface area contributed by atoms with Crippen molar-refractivity contribution >= 4 is 69.1 Å². The molecule has 5 N–H and O–H groups in total. The van der Waals surface area contributed by atoms with E-state index in [1.165, 1.54) is 36.4 Å². The van der Waals surface area contributed by atoms with E-state index in [4.69, 9.17) is 5.11 Å². The van der Waals surface area contributed by atoms with Crippen molar-refractivity contribution in [2.45, 2.75) is 86.8 Å². The van der Waals surface area contributed by atoms with Gasteiger partial charge in [0.2, 0.25) is 5.69 Å². The summed E-state index contributed by atoms with van der Waals surface area (Å²) in [5.74, 6) is -1.97. The van der Waals surface area contributed by atoms with E-state index in [0.717, 1.165) is 11.1 Å². The highest BCUT2D eigenvalue weighted by molar-refractivity contribution is 7.86. The smallest absolute Gasteiger partial charge is 0.303 e. The number of allylic oxidation sites excluding steroid dienone is 6. The molecule has 3 aromatic carbocycles. The summed E-state index contributed by atoms with van der Waals surface area (Å²) in [7, 11) is -17.8. The highest BCUT2D eigenvalue weighted by Crippen LogP contribution is 2.49. The Labute approximate surface area is 363 Å². The number of carbonyl (C=O) groups is 1. The van der Waals surface area contributed by atoms with Crippen molar-refractivity contribution in [3.8, 4) is 0 Å². The Kier molecular flexibility index (Phi) is 14.3. The summed E-state index contributed by atoms with van der Waals surface area (Å²) in [4.78, 5) is 12.3. The van der Waals surface area contributed by atoms with E-state index in [9.17, 15) is 56.7 Å². The van der Waals surface area contributed by atoms with E-state index in [2.05, 4.69) is 0 Å². The van der Waals surface area contributed by atoms with Crippen LogP contribution in [0.5, 0.6) is 0 Å². The Morgan fingerprint density at radius 3 is 1.95 bits per heavy atom. The first-order valence-corrected chi connectivity index (χ1v) is 25.7. The number of fused-ring (bicyclic) bond motifs is 2. The molecular weight excluding hydrogens is 885 g/mol. The van der Waals surface area contributed by atoms with E-state index in [1.807, 2.05) is 73.6 Å². The standard InChI is InChI=1S/C42H50N2O14S4/c1-41(2)34-27-32(61(53,54)55)16-18-36(34)43(22-8-24-59(47,48)49)38(41)20-14-30(31-12-7-11-29(26-31)10-5-6-13-40(45)46)15-21-39-42(3,4)35-28-33(62(56,57)58)17-19-37(35)44(39)23-9-25-60(50,51)52/h7,11-12,14-21,26-28H,5-6,8-10,13,22-25H2,1-4H3,(H4-,45,46,47,48,49,50,51,52,53,54,55,56,57,58)/p+1. The zero-order chi connectivity index (χ0) is 46.1. The number of benzene rings is 3. The third-order valence-electron chi connectivity index (χ3n) is 11.1. The van der Waals surface area contributed by atoms with E-state index < -0.39 is 68.8 Å². The van der Waals surface area contributed by atoms with Gasteiger partial charge < -0.3 is 10.0 Å². The number of unbranched alkanes of at least 4 members (excludes halogenated alkanes) is 1. The average Bonchev–Trinajstić information content (AvgIpc) is 3.49. The number of carboxylic acids is 1. The summed E-state index contributed by atoms with van der Waals surface area (Å²) < 4.78 is 136. The van der Waals surface area contributed by atoms with Crippen LogP contribution >= 0.6 is 0 Å². The van der Waals surface area contributed by atoms with Crippen LogP contribution in [-0.2, 0) is 62.5 Å². The fraction of sp³-hybridized carbons (Fsp3) is 0.381. The van der Waals surface area contributed by atoms with Crippen LogP contribution in [0.15, 0.2) is 100 Å². The zero-order valence-corrected chi connectivity index (χ0v) is 37.9. The summed E-state index contributed by atoms with van der Waals surface area (Å²) in [5, 5.41) is 9.14. The molecule has 62 heavy (non-hydrogen) atoms. The predicted molar refractivity (Wildman–Crippen MR) is 235 cm³/mol. The molecule has 0 atom stereocenters. The Hall–Kier alpha value is -4.54. The Balaban J connectivity index is 1.70. The summed E-state index contributed by atoms with van der Waals surface area (Å²) in [6.45, 7) is 7.58. The van der Waals surface area contributed by atoms with Gasteiger partial charge in [0.1, 0.15) is 6.54 Å². The van der Waals surface area contributed by atoms with E-state index in [0.29, 0.717) is 58.7 Å². The van der Waals surface area contributed by atoms with E-state index >= 15 is 0 Å². The third kappa shape index (κ3) is 11.7. The van der Waals surface area contributed by atoms with Crippen molar-refractivity contribution in [1.82, 2.24) is 0 Å². The van der Waals surface area contributed by atoms with Crippen LogP contribution in [0.25, 0.3) is 5.57 Å². The summed E-state index contributed by atoms with van der Waals surface area (Å²) in [6.07, 6.45) is 8.94. The molecule has 0 amide bonds. The number of carboxylic acid groups (broad SMARTS) is 1. The van der Waals surface area contributed by atoms with Crippen molar-refractivity contribution in [2.24, 2.45) is 0 Å². The van der Waals surface area contributed by atoms with Gasteiger partial charge in [-0.3, -0.25) is 23.0 Å². The molecule has 5 rings (SSSR count). The number of rotatable bonds is 19. The molecule has 3 aromatic rings. The minimum Gasteiger partial charge on any atom is -0.481 e. The number of aliphatic carboxylic acids is 1. The summed E-state index contributed by atoms with van der Waals surface area (Å²) in [5.41, 5.74) is 3.88. The maximum atomic E-state index is 12.2. The molecule has 2 heterocycles. The van der Waals surface area contributed by atoms with Gasteiger partial charge in [-0.05, 0) is 104 Å². The molecule has 2 aliphatic rings. The van der Waals surface area contributed by atoms with Gasteiger partial charge >= 0.3 is 5.97 Å². The molecule has 20 heteroatoms. The molecule has 336 valence electrons. The normalized spacial score (nSPS) is 17.3. The van der Waals surface area contributed by atoms with Gasteiger partial charge in [-0.2, -0.15) is 38.2 Å². The molecule has 2 aliphatic heterocycles. The van der Waals surface area contributed by atoms with Crippen LogP contribution < -0.4 is 4.90 Å². The van der Waals surface area contributed by atoms with Crippen molar-refractivity contribution in [3.63, 3.8) is 0 Å².